The number of fused-ring (bicyclic) bond motifs is 2. The molecule has 1 aliphatic carbocycles. The molecule has 0 heterocycles. The van der Waals surface area contributed by atoms with Gasteiger partial charge >= 0.3 is 0 Å². The van der Waals surface area contributed by atoms with E-state index in [1.807, 2.05) is 7.05 Å². The van der Waals surface area contributed by atoms with Crippen LogP contribution in [0.2, 0.25) is 0 Å². The van der Waals surface area contributed by atoms with Crippen molar-refractivity contribution in [3.05, 3.63) is 76.4 Å². The summed E-state index contributed by atoms with van der Waals surface area (Å²) < 4.78 is 0. The molecule has 3 rings (SSSR count). The zero-order valence-electron chi connectivity index (χ0n) is 12.7. The molecule has 106 valence electrons. The van der Waals surface area contributed by atoms with Crippen molar-refractivity contribution in [2.45, 2.75) is 13.3 Å². The van der Waals surface area contributed by atoms with Gasteiger partial charge in [-0.15, -0.1) is 0 Å². The Morgan fingerprint density at radius 3 is 2.57 bits per heavy atom. The number of hydrogen-bond acceptors (Lipinski definition) is 1. The third kappa shape index (κ3) is 2.84. The second-order valence-corrected chi connectivity index (χ2v) is 5.52. The molecule has 2 aromatic rings. The Kier molecular flexibility index (Phi) is 4.03. The van der Waals surface area contributed by atoms with Crippen molar-refractivity contribution in [1.29, 1.82) is 0 Å². The van der Waals surface area contributed by atoms with Crippen molar-refractivity contribution >= 4 is 17.7 Å². The predicted octanol–water partition coefficient (Wildman–Crippen LogP) is 4.52. The minimum Gasteiger partial charge on any atom is -0.319 e. The number of hydrogen-bond donors (Lipinski definition) is 1. The van der Waals surface area contributed by atoms with E-state index in [-0.39, 0.29) is 0 Å². The molecule has 0 atom stereocenters. The first kappa shape index (κ1) is 13.8. The van der Waals surface area contributed by atoms with Gasteiger partial charge in [-0.05, 0) is 54.8 Å². The van der Waals surface area contributed by atoms with Crippen LogP contribution in [0.1, 0.15) is 34.2 Å². The second kappa shape index (κ2) is 6.11. The molecule has 0 bridgehead atoms. The molecular formula is C20H21N. The summed E-state index contributed by atoms with van der Waals surface area (Å²) in [6.07, 6.45) is 7.86. The highest BCUT2D eigenvalue weighted by molar-refractivity contribution is 5.93. The van der Waals surface area contributed by atoms with Crippen molar-refractivity contribution in [3.63, 3.8) is 0 Å². The van der Waals surface area contributed by atoms with E-state index < -0.39 is 0 Å². The van der Waals surface area contributed by atoms with Crippen molar-refractivity contribution in [3.8, 4) is 0 Å². The highest BCUT2D eigenvalue weighted by atomic mass is 14.8. The number of nitrogens with one attached hydrogen (secondary N) is 1. The molecule has 0 unspecified atom stereocenters. The molecule has 0 amide bonds. The van der Waals surface area contributed by atoms with Crippen LogP contribution < -0.4 is 5.32 Å². The minimum absolute atomic E-state index is 1.00. The van der Waals surface area contributed by atoms with Gasteiger partial charge in [0.2, 0.25) is 0 Å². The molecule has 0 aliphatic heterocycles. The lowest BCUT2D eigenvalue weighted by atomic mass is 9.92. The van der Waals surface area contributed by atoms with Crippen LogP contribution in [0.3, 0.4) is 0 Å². The van der Waals surface area contributed by atoms with Crippen LogP contribution in [0.4, 0.5) is 0 Å². The molecule has 0 saturated carbocycles. The van der Waals surface area contributed by atoms with E-state index in [4.69, 9.17) is 0 Å². The molecule has 0 fully saturated rings. The van der Waals surface area contributed by atoms with Gasteiger partial charge < -0.3 is 5.32 Å². The van der Waals surface area contributed by atoms with E-state index >= 15 is 0 Å². The molecular weight excluding hydrogens is 254 g/mol. The molecule has 0 radical (unpaired) electrons. The van der Waals surface area contributed by atoms with Gasteiger partial charge in [0, 0.05) is 0 Å². The van der Waals surface area contributed by atoms with E-state index in [0.29, 0.717) is 0 Å². The quantitative estimate of drug-likeness (QED) is 0.693. The maximum atomic E-state index is 3.22. The smallest absolute Gasteiger partial charge is 0.00169 e. The van der Waals surface area contributed by atoms with E-state index in [1.165, 1.54) is 33.4 Å². The predicted molar refractivity (Wildman–Crippen MR) is 92.2 cm³/mol. The molecule has 21 heavy (non-hydrogen) atoms. The van der Waals surface area contributed by atoms with Crippen molar-refractivity contribution in [2.75, 3.05) is 13.6 Å². The van der Waals surface area contributed by atoms with Crippen LogP contribution in [0.25, 0.3) is 17.7 Å². The highest BCUT2D eigenvalue weighted by Crippen LogP contribution is 2.34. The molecule has 1 aliphatic rings. The van der Waals surface area contributed by atoms with Crippen molar-refractivity contribution in [1.82, 2.24) is 5.32 Å². The Labute approximate surface area is 127 Å². The summed E-state index contributed by atoms with van der Waals surface area (Å²) in [5.74, 6) is 0. The SMILES string of the molecule is CNCCC=C1c2ccccc2C=Cc2cc(C)ccc21. The lowest BCUT2D eigenvalue weighted by molar-refractivity contribution is 0.808. The van der Waals surface area contributed by atoms with Crippen LogP contribution in [0, 0.1) is 6.92 Å². The van der Waals surface area contributed by atoms with Crippen LogP contribution in [0.15, 0.2) is 48.5 Å². The van der Waals surface area contributed by atoms with Gasteiger partial charge in [0.1, 0.15) is 0 Å². The van der Waals surface area contributed by atoms with Gasteiger partial charge in [0.25, 0.3) is 0 Å². The molecule has 0 spiro atoms. The Balaban J connectivity index is 2.17. The second-order valence-electron chi connectivity index (χ2n) is 5.52. The Morgan fingerprint density at radius 1 is 0.952 bits per heavy atom. The summed E-state index contributed by atoms with van der Waals surface area (Å²) in [4.78, 5) is 0. The number of rotatable bonds is 3. The van der Waals surface area contributed by atoms with E-state index in [0.717, 1.165) is 13.0 Å². The van der Waals surface area contributed by atoms with Gasteiger partial charge in [0.05, 0.1) is 0 Å². The van der Waals surface area contributed by atoms with Crippen LogP contribution in [-0.2, 0) is 0 Å². The first-order chi connectivity index (χ1) is 10.3. The fourth-order valence-electron chi connectivity index (χ4n) is 2.86. The van der Waals surface area contributed by atoms with Gasteiger partial charge in [0.15, 0.2) is 0 Å². The largest absolute Gasteiger partial charge is 0.319 e. The van der Waals surface area contributed by atoms with Crippen molar-refractivity contribution in [2.24, 2.45) is 0 Å². The molecule has 0 aromatic heterocycles. The molecule has 1 nitrogen and oxygen atoms in total. The molecule has 1 N–H and O–H groups in total. The van der Waals surface area contributed by atoms with Gasteiger partial charge in [-0.3, -0.25) is 0 Å². The minimum atomic E-state index is 1.00. The fraction of sp³-hybridized carbons (Fsp3) is 0.200. The normalized spacial score (nSPS) is 14.7. The summed E-state index contributed by atoms with van der Waals surface area (Å²) >= 11 is 0. The van der Waals surface area contributed by atoms with E-state index in [2.05, 4.69) is 72.9 Å². The summed E-state index contributed by atoms with van der Waals surface area (Å²) in [5.41, 5.74) is 7.91. The van der Waals surface area contributed by atoms with Crippen LogP contribution in [-0.4, -0.2) is 13.6 Å². The standard InChI is InChI=1S/C20H21N/c1-15-9-12-19-17(14-15)11-10-16-6-3-4-7-18(16)20(19)8-5-13-21-2/h3-4,6-12,14,21H,5,13H2,1-2H3. The zero-order chi connectivity index (χ0) is 14.7. The first-order valence-electron chi connectivity index (χ1n) is 7.53. The lowest BCUT2D eigenvalue weighted by Gasteiger charge is -2.12. The molecule has 1 heteroatoms. The molecule has 2 aromatic carbocycles. The maximum Gasteiger partial charge on any atom is -0.00169 e. The zero-order valence-corrected chi connectivity index (χ0v) is 12.7. The summed E-state index contributed by atoms with van der Waals surface area (Å²) in [5, 5.41) is 3.22. The van der Waals surface area contributed by atoms with Crippen LogP contribution >= 0.6 is 0 Å². The summed E-state index contributed by atoms with van der Waals surface area (Å²) in [6.45, 7) is 3.15. The monoisotopic (exact) mass is 275 g/mol. The van der Waals surface area contributed by atoms with Gasteiger partial charge in [-0.1, -0.05) is 66.3 Å². The lowest BCUT2D eigenvalue weighted by Crippen LogP contribution is -2.06. The van der Waals surface area contributed by atoms with E-state index in [1.54, 1.807) is 0 Å². The van der Waals surface area contributed by atoms with Crippen molar-refractivity contribution < 1.29 is 0 Å². The Hall–Kier alpha value is -2.12. The maximum absolute atomic E-state index is 3.22. The Morgan fingerprint density at radius 2 is 1.71 bits per heavy atom. The van der Waals surface area contributed by atoms with Gasteiger partial charge in [-0.25, -0.2) is 0 Å². The summed E-state index contributed by atoms with van der Waals surface area (Å²) in [7, 11) is 2.00. The van der Waals surface area contributed by atoms with Gasteiger partial charge in [-0.2, -0.15) is 0 Å². The van der Waals surface area contributed by atoms with E-state index in [9.17, 15) is 0 Å². The number of aryl methyl sites for hydroxylation is 1. The fourth-order valence-corrected chi connectivity index (χ4v) is 2.86. The topological polar surface area (TPSA) is 12.0 Å². The average Bonchev–Trinajstić information content (AvgIpc) is 2.65. The Bertz CT molecular complexity index is 708. The third-order valence-electron chi connectivity index (χ3n) is 3.93. The summed E-state index contributed by atoms with van der Waals surface area (Å²) in [6, 6.07) is 15.4. The van der Waals surface area contributed by atoms with Crippen LogP contribution in [0.5, 0.6) is 0 Å². The first-order valence-corrected chi connectivity index (χ1v) is 7.53. The number of benzene rings is 2. The third-order valence-corrected chi connectivity index (χ3v) is 3.93. The average molecular weight is 275 g/mol. The molecule has 0 saturated heterocycles. The highest BCUT2D eigenvalue weighted by Gasteiger charge is 2.14.